The second kappa shape index (κ2) is 9.70. The molecule has 0 saturated carbocycles. The molecule has 0 amide bonds. The van der Waals surface area contributed by atoms with Crippen LogP contribution in [0.4, 0.5) is 0 Å². The first kappa shape index (κ1) is 15.2. The van der Waals surface area contributed by atoms with E-state index in [1.54, 1.807) is 0 Å². The zero-order chi connectivity index (χ0) is 13.2. The van der Waals surface area contributed by atoms with E-state index >= 15 is 0 Å². The molecule has 0 aliphatic carbocycles. The van der Waals surface area contributed by atoms with Gasteiger partial charge in [-0.05, 0) is 71.4 Å². The number of rotatable bonds is 10. The van der Waals surface area contributed by atoms with E-state index in [0.717, 1.165) is 19.6 Å². The lowest BCUT2D eigenvalue weighted by Gasteiger charge is -2.15. The van der Waals surface area contributed by atoms with Crippen LogP contribution in [-0.2, 0) is 0 Å². The van der Waals surface area contributed by atoms with E-state index in [1.807, 2.05) is 0 Å². The number of hydrogen-bond acceptors (Lipinski definition) is 4. The zero-order valence-electron chi connectivity index (χ0n) is 12.5. The fraction of sp³-hybridized carbons (Fsp3) is 1.00. The van der Waals surface area contributed by atoms with Crippen LogP contribution < -0.4 is 10.6 Å². The SMILES string of the molecule is C1CCN(CCCNCCNCCN2CCCC2)C1. The molecule has 0 atom stereocenters. The highest BCUT2D eigenvalue weighted by atomic mass is 15.2. The summed E-state index contributed by atoms with van der Waals surface area (Å²) in [5.74, 6) is 0. The average molecular weight is 268 g/mol. The van der Waals surface area contributed by atoms with Crippen LogP contribution in [0.1, 0.15) is 32.1 Å². The summed E-state index contributed by atoms with van der Waals surface area (Å²) in [4.78, 5) is 5.16. The third kappa shape index (κ3) is 6.70. The predicted octanol–water partition coefficient (Wildman–Crippen LogP) is 0.747. The highest BCUT2D eigenvalue weighted by Gasteiger charge is 2.10. The van der Waals surface area contributed by atoms with Crippen molar-refractivity contribution in [1.82, 2.24) is 20.4 Å². The molecule has 2 saturated heterocycles. The van der Waals surface area contributed by atoms with Gasteiger partial charge in [0, 0.05) is 26.2 Å². The van der Waals surface area contributed by atoms with Crippen LogP contribution in [0, 0.1) is 0 Å². The van der Waals surface area contributed by atoms with E-state index in [1.165, 1.54) is 77.9 Å². The zero-order valence-corrected chi connectivity index (χ0v) is 12.5. The third-order valence-electron chi connectivity index (χ3n) is 4.31. The van der Waals surface area contributed by atoms with E-state index < -0.39 is 0 Å². The minimum Gasteiger partial charge on any atom is -0.315 e. The first-order valence-electron chi connectivity index (χ1n) is 8.31. The lowest BCUT2D eigenvalue weighted by Crippen LogP contribution is -2.34. The molecule has 0 spiro atoms. The fourth-order valence-corrected chi connectivity index (χ4v) is 3.10. The van der Waals surface area contributed by atoms with Crippen LogP contribution >= 0.6 is 0 Å². The molecule has 0 aromatic rings. The predicted molar refractivity (Wildman–Crippen MR) is 81.7 cm³/mol. The second-order valence-corrected chi connectivity index (χ2v) is 5.95. The Morgan fingerprint density at radius 2 is 1.11 bits per heavy atom. The maximum atomic E-state index is 3.54. The van der Waals surface area contributed by atoms with Crippen molar-refractivity contribution in [2.45, 2.75) is 32.1 Å². The number of hydrogen-bond donors (Lipinski definition) is 2. The molecule has 4 nitrogen and oxygen atoms in total. The van der Waals surface area contributed by atoms with Crippen LogP contribution in [0.3, 0.4) is 0 Å². The van der Waals surface area contributed by atoms with Gasteiger partial charge in [0.15, 0.2) is 0 Å². The monoisotopic (exact) mass is 268 g/mol. The lowest BCUT2D eigenvalue weighted by molar-refractivity contribution is 0.329. The average Bonchev–Trinajstić information content (AvgIpc) is 3.10. The molecule has 0 bridgehead atoms. The Morgan fingerprint density at radius 1 is 0.579 bits per heavy atom. The van der Waals surface area contributed by atoms with Gasteiger partial charge in [-0.25, -0.2) is 0 Å². The fourth-order valence-electron chi connectivity index (χ4n) is 3.10. The molecule has 4 heteroatoms. The Bertz CT molecular complexity index is 188. The normalized spacial score (nSPS) is 21.5. The molecule has 0 aromatic carbocycles. The van der Waals surface area contributed by atoms with Gasteiger partial charge in [0.1, 0.15) is 0 Å². The summed E-state index contributed by atoms with van der Waals surface area (Å²) in [7, 11) is 0. The van der Waals surface area contributed by atoms with Gasteiger partial charge in [0.25, 0.3) is 0 Å². The Morgan fingerprint density at radius 3 is 1.74 bits per heavy atom. The number of nitrogens with one attached hydrogen (secondary N) is 2. The van der Waals surface area contributed by atoms with Crippen molar-refractivity contribution < 1.29 is 0 Å². The summed E-state index contributed by atoms with van der Waals surface area (Å²) < 4.78 is 0. The topological polar surface area (TPSA) is 30.5 Å². The molecule has 0 radical (unpaired) electrons. The summed E-state index contributed by atoms with van der Waals surface area (Å²) in [6, 6.07) is 0. The largest absolute Gasteiger partial charge is 0.315 e. The van der Waals surface area contributed by atoms with Gasteiger partial charge in [0.05, 0.1) is 0 Å². The van der Waals surface area contributed by atoms with Crippen LogP contribution in [0.2, 0.25) is 0 Å². The van der Waals surface area contributed by atoms with Gasteiger partial charge in [-0.1, -0.05) is 0 Å². The Labute approximate surface area is 118 Å². The molecule has 112 valence electrons. The molecule has 19 heavy (non-hydrogen) atoms. The summed E-state index contributed by atoms with van der Waals surface area (Å²) in [6.45, 7) is 12.4. The van der Waals surface area contributed by atoms with Gasteiger partial charge >= 0.3 is 0 Å². The number of likely N-dealkylation sites (tertiary alicyclic amines) is 2. The standard InChI is InChI=1S/C15H32N4/c1-2-11-18(10-1)14-5-6-16-7-8-17-9-15-19-12-3-4-13-19/h16-17H,1-15H2. The molecule has 2 fully saturated rings. The van der Waals surface area contributed by atoms with Gasteiger partial charge in [-0.3, -0.25) is 0 Å². The molecule has 2 heterocycles. The van der Waals surface area contributed by atoms with Crippen LogP contribution in [0.25, 0.3) is 0 Å². The smallest absolute Gasteiger partial charge is 0.0107 e. The Balaban J connectivity index is 1.28. The van der Waals surface area contributed by atoms with E-state index in [9.17, 15) is 0 Å². The minimum atomic E-state index is 1.11. The summed E-state index contributed by atoms with van der Waals surface area (Å²) in [5.41, 5.74) is 0. The highest BCUT2D eigenvalue weighted by molar-refractivity contribution is 4.68. The number of nitrogens with zero attached hydrogens (tertiary/aromatic N) is 2. The lowest BCUT2D eigenvalue weighted by atomic mass is 10.4. The van der Waals surface area contributed by atoms with Crippen molar-refractivity contribution in [1.29, 1.82) is 0 Å². The summed E-state index contributed by atoms with van der Waals surface area (Å²) in [6.07, 6.45) is 6.92. The Kier molecular flexibility index (Phi) is 7.78. The maximum Gasteiger partial charge on any atom is 0.0107 e. The van der Waals surface area contributed by atoms with E-state index in [0.29, 0.717) is 0 Å². The van der Waals surface area contributed by atoms with Crippen molar-refractivity contribution in [3.05, 3.63) is 0 Å². The van der Waals surface area contributed by atoms with Crippen molar-refractivity contribution >= 4 is 0 Å². The van der Waals surface area contributed by atoms with Crippen LogP contribution in [0.15, 0.2) is 0 Å². The molecule has 2 aliphatic rings. The maximum absolute atomic E-state index is 3.54. The Hall–Kier alpha value is -0.160. The van der Waals surface area contributed by atoms with Gasteiger partial charge < -0.3 is 20.4 Å². The van der Waals surface area contributed by atoms with Crippen molar-refractivity contribution in [2.75, 3.05) is 65.4 Å². The van der Waals surface area contributed by atoms with Crippen molar-refractivity contribution in [3.63, 3.8) is 0 Å². The molecule has 2 N–H and O–H groups in total. The van der Waals surface area contributed by atoms with Gasteiger partial charge in [-0.2, -0.15) is 0 Å². The quantitative estimate of drug-likeness (QED) is 0.572. The minimum absolute atomic E-state index is 1.11. The van der Waals surface area contributed by atoms with Gasteiger partial charge in [-0.15, -0.1) is 0 Å². The summed E-state index contributed by atoms with van der Waals surface area (Å²) in [5, 5.41) is 7.06. The van der Waals surface area contributed by atoms with E-state index in [2.05, 4.69) is 20.4 Å². The third-order valence-corrected chi connectivity index (χ3v) is 4.31. The first-order valence-corrected chi connectivity index (χ1v) is 8.31. The van der Waals surface area contributed by atoms with E-state index in [-0.39, 0.29) is 0 Å². The molecule has 0 aromatic heterocycles. The molecule has 2 rings (SSSR count). The summed E-state index contributed by atoms with van der Waals surface area (Å²) >= 11 is 0. The molecular weight excluding hydrogens is 236 g/mol. The highest BCUT2D eigenvalue weighted by Crippen LogP contribution is 2.06. The van der Waals surface area contributed by atoms with E-state index in [4.69, 9.17) is 0 Å². The second-order valence-electron chi connectivity index (χ2n) is 5.95. The van der Waals surface area contributed by atoms with Crippen molar-refractivity contribution in [2.24, 2.45) is 0 Å². The molecule has 0 unspecified atom stereocenters. The molecular formula is C15H32N4. The van der Waals surface area contributed by atoms with Crippen LogP contribution in [-0.4, -0.2) is 75.2 Å². The van der Waals surface area contributed by atoms with Crippen molar-refractivity contribution in [3.8, 4) is 0 Å². The van der Waals surface area contributed by atoms with Crippen LogP contribution in [0.5, 0.6) is 0 Å². The molecule has 2 aliphatic heterocycles. The first-order chi connectivity index (χ1) is 9.45. The van der Waals surface area contributed by atoms with Gasteiger partial charge in [0.2, 0.25) is 0 Å².